The van der Waals surface area contributed by atoms with Crippen molar-refractivity contribution >= 4 is 28.5 Å². The predicted octanol–water partition coefficient (Wildman–Crippen LogP) is 3.36. The molecule has 36 heavy (non-hydrogen) atoms. The number of likely N-dealkylation sites (N-methyl/N-ethyl adjacent to an activating group) is 1. The highest BCUT2D eigenvalue weighted by atomic mass is 16.2. The average Bonchev–Trinajstić information content (AvgIpc) is 3.39. The van der Waals surface area contributed by atoms with E-state index in [2.05, 4.69) is 34.9 Å². The van der Waals surface area contributed by atoms with Crippen LogP contribution in [0.2, 0.25) is 0 Å². The molecule has 1 aliphatic rings. The minimum absolute atomic E-state index is 0.0549. The first-order chi connectivity index (χ1) is 17.4. The van der Waals surface area contributed by atoms with Gasteiger partial charge in [0.05, 0.1) is 0 Å². The van der Waals surface area contributed by atoms with Gasteiger partial charge in [0.2, 0.25) is 17.7 Å². The molecule has 1 heterocycles. The van der Waals surface area contributed by atoms with Crippen molar-refractivity contribution in [1.29, 1.82) is 0 Å². The van der Waals surface area contributed by atoms with E-state index in [-0.39, 0.29) is 23.6 Å². The van der Waals surface area contributed by atoms with Crippen LogP contribution < -0.4 is 10.6 Å². The summed E-state index contributed by atoms with van der Waals surface area (Å²) in [5, 5.41) is 8.40. The summed E-state index contributed by atoms with van der Waals surface area (Å²) < 4.78 is 0. The van der Waals surface area contributed by atoms with Gasteiger partial charge in [0, 0.05) is 32.5 Å². The Bertz CT molecular complexity index is 1040. The van der Waals surface area contributed by atoms with Gasteiger partial charge in [0.1, 0.15) is 12.1 Å². The molecule has 0 aliphatic carbocycles. The number of nitrogens with zero attached hydrogens (tertiary/aromatic N) is 2. The van der Waals surface area contributed by atoms with Crippen molar-refractivity contribution in [3.05, 3.63) is 48.0 Å². The number of amides is 3. The molecule has 1 aliphatic heterocycles. The Hall–Kier alpha value is -2.93. The molecule has 0 radical (unpaired) electrons. The van der Waals surface area contributed by atoms with E-state index in [9.17, 15) is 14.4 Å². The average molecular weight is 495 g/mol. The maximum Gasteiger partial charge on any atom is 0.245 e. The lowest BCUT2D eigenvalue weighted by Crippen LogP contribution is -2.54. The second kappa shape index (κ2) is 13.4. The number of rotatable bonds is 12. The van der Waals surface area contributed by atoms with Crippen LogP contribution in [0.3, 0.4) is 0 Å². The molecule has 3 amide bonds. The molecular weight excluding hydrogens is 452 g/mol. The SMILES string of the molecule is CCC(CC)C(=O)N1CCCC1C(=O)N[C@H](Cc1ccc2ccccc2c1)C(=O)N(C)CCCNC. The Morgan fingerprint density at radius 3 is 2.50 bits per heavy atom. The van der Waals surface area contributed by atoms with E-state index in [1.54, 1.807) is 16.8 Å². The molecule has 2 atom stereocenters. The molecule has 7 nitrogen and oxygen atoms in total. The van der Waals surface area contributed by atoms with Gasteiger partial charge in [-0.3, -0.25) is 14.4 Å². The molecule has 2 N–H and O–H groups in total. The first kappa shape index (κ1) is 27.7. The number of carbonyl (C=O) groups is 3. The minimum atomic E-state index is -0.691. The molecule has 196 valence electrons. The summed E-state index contributed by atoms with van der Waals surface area (Å²) in [5.74, 6) is -0.343. The smallest absolute Gasteiger partial charge is 0.245 e. The van der Waals surface area contributed by atoms with E-state index in [0.29, 0.717) is 25.9 Å². The van der Waals surface area contributed by atoms with E-state index in [1.807, 2.05) is 39.1 Å². The molecule has 0 spiro atoms. The van der Waals surface area contributed by atoms with Crippen LogP contribution in [0.4, 0.5) is 0 Å². The van der Waals surface area contributed by atoms with Gasteiger partial charge < -0.3 is 20.4 Å². The molecular formula is C29H42N4O3. The van der Waals surface area contributed by atoms with Crippen molar-refractivity contribution < 1.29 is 14.4 Å². The zero-order chi connectivity index (χ0) is 26.1. The van der Waals surface area contributed by atoms with Crippen molar-refractivity contribution in [2.75, 3.05) is 33.7 Å². The molecule has 1 unspecified atom stereocenters. The number of hydrogen-bond acceptors (Lipinski definition) is 4. The first-order valence-corrected chi connectivity index (χ1v) is 13.4. The second-order valence-electron chi connectivity index (χ2n) is 9.87. The highest BCUT2D eigenvalue weighted by Gasteiger charge is 2.37. The summed E-state index contributed by atoms with van der Waals surface area (Å²) in [4.78, 5) is 43.5. The highest BCUT2D eigenvalue weighted by molar-refractivity contribution is 5.93. The zero-order valence-corrected chi connectivity index (χ0v) is 22.3. The summed E-state index contributed by atoms with van der Waals surface area (Å²) in [6, 6.07) is 13.1. The fraction of sp³-hybridized carbons (Fsp3) is 0.552. The van der Waals surface area contributed by atoms with Gasteiger partial charge in [-0.15, -0.1) is 0 Å². The standard InChI is InChI=1S/C29H42N4O3/c1-5-22(6-2)28(35)33-18-9-13-26(33)27(34)31-25(29(36)32(4)17-10-16-30-3)20-21-14-15-23-11-7-8-12-24(23)19-21/h7-8,11-12,14-15,19,22,25-26,30H,5-6,9-10,13,16-18,20H2,1-4H3,(H,31,34)/t25-,26?/m1/s1. The number of nitrogens with one attached hydrogen (secondary N) is 2. The summed E-state index contributed by atoms with van der Waals surface area (Å²) in [6.07, 6.45) is 4.19. The largest absolute Gasteiger partial charge is 0.344 e. The number of benzene rings is 2. The van der Waals surface area contributed by atoms with Crippen LogP contribution in [0.5, 0.6) is 0 Å². The van der Waals surface area contributed by atoms with Crippen molar-refractivity contribution in [2.24, 2.45) is 5.92 Å². The van der Waals surface area contributed by atoms with Gasteiger partial charge in [-0.2, -0.15) is 0 Å². The Morgan fingerprint density at radius 1 is 1.08 bits per heavy atom. The molecule has 3 rings (SSSR count). The van der Waals surface area contributed by atoms with Crippen molar-refractivity contribution in [2.45, 2.75) is 64.5 Å². The maximum atomic E-state index is 13.5. The topological polar surface area (TPSA) is 81.8 Å². The van der Waals surface area contributed by atoms with E-state index in [4.69, 9.17) is 0 Å². The van der Waals surface area contributed by atoms with Crippen LogP contribution in [0, 0.1) is 5.92 Å². The summed E-state index contributed by atoms with van der Waals surface area (Å²) in [5.41, 5.74) is 0.993. The van der Waals surface area contributed by atoms with Gasteiger partial charge in [-0.1, -0.05) is 56.3 Å². The maximum absolute atomic E-state index is 13.5. The Morgan fingerprint density at radius 2 is 1.81 bits per heavy atom. The van der Waals surface area contributed by atoms with E-state index < -0.39 is 12.1 Å². The monoisotopic (exact) mass is 494 g/mol. The predicted molar refractivity (Wildman–Crippen MR) is 145 cm³/mol. The van der Waals surface area contributed by atoms with Crippen LogP contribution in [-0.2, 0) is 20.8 Å². The van der Waals surface area contributed by atoms with Crippen LogP contribution >= 0.6 is 0 Å². The first-order valence-electron chi connectivity index (χ1n) is 13.4. The quantitative estimate of drug-likeness (QED) is 0.444. The molecule has 2 aromatic rings. The van der Waals surface area contributed by atoms with Gasteiger partial charge >= 0.3 is 0 Å². The molecule has 0 bridgehead atoms. The van der Waals surface area contributed by atoms with Gasteiger partial charge in [-0.05, 0) is 62.0 Å². The van der Waals surface area contributed by atoms with Crippen LogP contribution in [-0.4, -0.2) is 73.3 Å². The Kier molecular flexibility index (Phi) is 10.3. The molecule has 2 aromatic carbocycles. The minimum Gasteiger partial charge on any atom is -0.344 e. The lowest BCUT2D eigenvalue weighted by molar-refractivity contribution is -0.143. The van der Waals surface area contributed by atoms with Crippen LogP contribution in [0.1, 0.15) is 51.5 Å². The molecule has 7 heteroatoms. The lowest BCUT2D eigenvalue weighted by Gasteiger charge is -2.30. The summed E-state index contributed by atoms with van der Waals surface area (Å²) >= 11 is 0. The molecule has 1 fully saturated rings. The van der Waals surface area contributed by atoms with Gasteiger partial charge in [0.15, 0.2) is 0 Å². The third-order valence-electron chi connectivity index (χ3n) is 7.34. The van der Waals surface area contributed by atoms with E-state index in [0.717, 1.165) is 48.6 Å². The zero-order valence-electron chi connectivity index (χ0n) is 22.3. The highest BCUT2D eigenvalue weighted by Crippen LogP contribution is 2.23. The Labute approximate surface area is 215 Å². The van der Waals surface area contributed by atoms with Crippen LogP contribution in [0.25, 0.3) is 10.8 Å². The van der Waals surface area contributed by atoms with Crippen molar-refractivity contribution in [1.82, 2.24) is 20.4 Å². The van der Waals surface area contributed by atoms with Gasteiger partial charge in [0.25, 0.3) is 0 Å². The number of likely N-dealkylation sites (tertiary alicyclic amines) is 1. The van der Waals surface area contributed by atoms with Crippen molar-refractivity contribution in [3.63, 3.8) is 0 Å². The summed E-state index contributed by atoms with van der Waals surface area (Å²) in [6.45, 7) is 6.04. The summed E-state index contributed by atoms with van der Waals surface area (Å²) in [7, 11) is 3.68. The third-order valence-corrected chi connectivity index (χ3v) is 7.34. The fourth-order valence-corrected chi connectivity index (χ4v) is 5.11. The molecule has 0 aromatic heterocycles. The van der Waals surface area contributed by atoms with E-state index >= 15 is 0 Å². The molecule has 0 saturated carbocycles. The van der Waals surface area contributed by atoms with Gasteiger partial charge in [-0.25, -0.2) is 0 Å². The Balaban J connectivity index is 1.79. The fourth-order valence-electron chi connectivity index (χ4n) is 5.11. The normalized spacial score (nSPS) is 16.4. The van der Waals surface area contributed by atoms with E-state index in [1.165, 1.54) is 0 Å². The van der Waals surface area contributed by atoms with Crippen molar-refractivity contribution in [3.8, 4) is 0 Å². The number of carbonyl (C=O) groups excluding carboxylic acids is 3. The lowest BCUT2D eigenvalue weighted by atomic mass is 9.99. The van der Waals surface area contributed by atoms with Crippen LogP contribution in [0.15, 0.2) is 42.5 Å². The number of fused-ring (bicyclic) bond motifs is 1. The number of hydrogen-bond donors (Lipinski definition) is 2. The molecule has 1 saturated heterocycles. The third kappa shape index (κ3) is 6.84. The second-order valence-corrected chi connectivity index (χ2v) is 9.87.